The number of amides is 3. The van der Waals surface area contributed by atoms with Crippen LogP contribution in [-0.4, -0.2) is 43.5 Å². The number of rotatable bonds is 4. The van der Waals surface area contributed by atoms with Crippen LogP contribution in [-0.2, 0) is 25.5 Å². The molecule has 1 aromatic rings. The molecule has 3 aliphatic rings. The fourth-order valence-corrected chi connectivity index (χ4v) is 3.73. The molecule has 2 fully saturated rings. The van der Waals surface area contributed by atoms with Crippen LogP contribution in [0.3, 0.4) is 0 Å². The maximum Gasteiger partial charge on any atom is 0.313 e. The van der Waals surface area contributed by atoms with E-state index in [1.807, 2.05) is 17.0 Å². The molecule has 2 aliphatic heterocycles. The first-order chi connectivity index (χ1) is 13.1. The van der Waals surface area contributed by atoms with Crippen molar-refractivity contribution in [3.05, 3.63) is 23.8 Å². The number of carbonyl (C=O) groups excluding carboxylic acids is 3. The number of ether oxygens (including phenoxy) is 1. The van der Waals surface area contributed by atoms with Gasteiger partial charge < -0.3 is 20.3 Å². The first-order valence-electron chi connectivity index (χ1n) is 9.77. The molecule has 2 N–H and O–H groups in total. The van der Waals surface area contributed by atoms with Gasteiger partial charge in [-0.05, 0) is 62.3 Å². The third-order valence-corrected chi connectivity index (χ3v) is 5.37. The summed E-state index contributed by atoms with van der Waals surface area (Å²) >= 11 is 0. The van der Waals surface area contributed by atoms with Crippen LogP contribution in [0.5, 0.6) is 0 Å². The topological polar surface area (TPSA) is 87.7 Å². The summed E-state index contributed by atoms with van der Waals surface area (Å²) in [5.74, 6) is -0.951. The van der Waals surface area contributed by atoms with Gasteiger partial charge in [-0.2, -0.15) is 0 Å². The second-order valence-corrected chi connectivity index (χ2v) is 7.51. The molecule has 7 nitrogen and oxygen atoms in total. The Hall–Kier alpha value is -2.41. The van der Waals surface area contributed by atoms with E-state index in [0.717, 1.165) is 56.3 Å². The summed E-state index contributed by atoms with van der Waals surface area (Å²) in [7, 11) is 0. The van der Waals surface area contributed by atoms with Crippen LogP contribution >= 0.6 is 0 Å². The van der Waals surface area contributed by atoms with E-state index in [-0.39, 0.29) is 17.9 Å². The first kappa shape index (κ1) is 18.0. The number of benzene rings is 1. The summed E-state index contributed by atoms with van der Waals surface area (Å²) in [6.07, 6.45) is 5.63. The van der Waals surface area contributed by atoms with Crippen LogP contribution in [0.1, 0.15) is 37.7 Å². The van der Waals surface area contributed by atoms with E-state index in [2.05, 4.69) is 10.6 Å². The number of hydrogen-bond acceptors (Lipinski definition) is 4. The number of hydrogen-bond donors (Lipinski definition) is 2. The van der Waals surface area contributed by atoms with E-state index in [1.165, 1.54) is 0 Å². The third kappa shape index (κ3) is 4.13. The average Bonchev–Trinajstić information content (AvgIpc) is 3.40. The van der Waals surface area contributed by atoms with Gasteiger partial charge in [0.15, 0.2) is 0 Å². The number of carbonyl (C=O) groups is 3. The molecule has 0 spiro atoms. The Labute approximate surface area is 158 Å². The second-order valence-electron chi connectivity index (χ2n) is 7.51. The number of nitrogens with zero attached hydrogens (tertiary/aromatic N) is 1. The fourth-order valence-electron chi connectivity index (χ4n) is 3.73. The van der Waals surface area contributed by atoms with Gasteiger partial charge in [-0.1, -0.05) is 0 Å². The maximum atomic E-state index is 12.4. The van der Waals surface area contributed by atoms with Crippen molar-refractivity contribution < 1.29 is 19.1 Å². The molecule has 1 aromatic carbocycles. The average molecular weight is 371 g/mol. The van der Waals surface area contributed by atoms with Gasteiger partial charge in [0, 0.05) is 37.0 Å². The molecule has 2 heterocycles. The summed E-state index contributed by atoms with van der Waals surface area (Å²) in [6, 6.07) is 5.49. The van der Waals surface area contributed by atoms with E-state index in [9.17, 15) is 14.4 Å². The molecular formula is C20H25N3O4. The van der Waals surface area contributed by atoms with Gasteiger partial charge in [-0.25, -0.2) is 0 Å². The van der Waals surface area contributed by atoms with Crippen LogP contribution in [0, 0.1) is 5.92 Å². The van der Waals surface area contributed by atoms with Gasteiger partial charge in [0.2, 0.25) is 5.91 Å². The highest BCUT2D eigenvalue weighted by molar-refractivity contribution is 6.39. The van der Waals surface area contributed by atoms with Crippen LogP contribution in [0.25, 0.3) is 0 Å². The monoisotopic (exact) mass is 371 g/mol. The van der Waals surface area contributed by atoms with Crippen molar-refractivity contribution in [2.45, 2.75) is 44.6 Å². The van der Waals surface area contributed by atoms with Crippen LogP contribution in [0.2, 0.25) is 0 Å². The highest BCUT2D eigenvalue weighted by Crippen LogP contribution is 2.36. The van der Waals surface area contributed by atoms with E-state index in [1.54, 1.807) is 6.07 Å². The van der Waals surface area contributed by atoms with E-state index >= 15 is 0 Å². The molecule has 1 aliphatic carbocycles. The fraction of sp³-hybridized carbons (Fsp3) is 0.550. The normalized spacial score (nSPS) is 21.5. The number of anilines is 2. The molecular weight excluding hydrogens is 346 g/mol. The molecule has 0 bridgehead atoms. The van der Waals surface area contributed by atoms with Gasteiger partial charge >= 0.3 is 11.8 Å². The number of nitrogens with one attached hydrogen (secondary N) is 2. The van der Waals surface area contributed by atoms with Gasteiger partial charge in [-0.3, -0.25) is 14.4 Å². The predicted octanol–water partition coefficient (Wildman–Crippen LogP) is 1.61. The molecule has 4 rings (SSSR count). The smallest absolute Gasteiger partial charge is 0.313 e. The SMILES string of the molecule is O=C(NC[C@@H]1CCCO1)C(=O)Nc1ccc2c(c1)CCCN2C(=O)C1CC1. The van der Waals surface area contributed by atoms with Crippen molar-refractivity contribution in [2.75, 3.05) is 29.9 Å². The Morgan fingerprint density at radius 1 is 1.11 bits per heavy atom. The van der Waals surface area contributed by atoms with Crippen molar-refractivity contribution in [1.82, 2.24) is 5.32 Å². The standard InChI is InChI=1S/C20H25N3O4/c24-18(21-12-16-4-2-10-27-16)19(25)22-15-7-8-17-14(11-15)3-1-9-23(17)20(26)13-5-6-13/h7-8,11,13,16H,1-6,9-10,12H2,(H,21,24)(H,22,25)/t16-/m0/s1. The largest absolute Gasteiger partial charge is 0.376 e. The second kappa shape index (κ2) is 7.68. The zero-order valence-corrected chi connectivity index (χ0v) is 15.3. The Morgan fingerprint density at radius 2 is 1.96 bits per heavy atom. The molecule has 1 saturated carbocycles. The zero-order valence-electron chi connectivity index (χ0n) is 15.3. The lowest BCUT2D eigenvalue weighted by molar-refractivity contribution is -0.136. The molecule has 0 unspecified atom stereocenters. The molecule has 144 valence electrons. The highest BCUT2D eigenvalue weighted by Gasteiger charge is 2.35. The Bertz CT molecular complexity index is 754. The van der Waals surface area contributed by atoms with Crippen LogP contribution in [0.15, 0.2) is 18.2 Å². The summed E-state index contributed by atoms with van der Waals surface area (Å²) in [6.45, 7) is 1.82. The summed E-state index contributed by atoms with van der Waals surface area (Å²) < 4.78 is 5.44. The lowest BCUT2D eigenvalue weighted by atomic mass is 10.0. The van der Waals surface area contributed by atoms with Gasteiger partial charge in [0.1, 0.15) is 0 Å². The highest BCUT2D eigenvalue weighted by atomic mass is 16.5. The van der Waals surface area contributed by atoms with Crippen molar-refractivity contribution in [3.8, 4) is 0 Å². The van der Waals surface area contributed by atoms with Gasteiger partial charge in [0.25, 0.3) is 0 Å². The Kier molecular flexibility index (Phi) is 5.11. The molecule has 1 saturated heterocycles. The summed E-state index contributed by atoms with van der Waals surface area (Å²) in [5.41, 5.74) is 2.54. The van der Waals surface area contributed by atoms with Gasteiger partial charge in [-0.15, -0.1) is 0 Å². The zero-order chi connectivity index (χ0) is 18.8. The van der Waals surface area contributed by atoms with Crippen LogP contribution in [0.4, 0.5) is 11.4 Å². The van der Waals surface area contributed by atoms with Crippen molar-refractivity contribution in [3.63, 3.8) is 0 Å². The first-order valence-corrected chi connectivity index (χ1v) is 9.77. The predicted molar refractivity (Wildman–Crippen MR) is 100 cm³/mol. The Morgan fingerprint density at radius 3 is 2.70 bits per heavy atom. The minimum atomic E-state index is -0.685. The van der Waals surface area contributed by atoms with Crippen molar-refractivity contribution >= 4 is 29.1 Å². The van der Waals surface area contributed by atoms with Gasteiger partial charge in [0.05, 0.1) is 6.10 Å². The van der Waals surface area contributed by atoms with Crippen molar-refractivity contribution in [1.29, 1.82) is 0 Å². The van der Waals surface area contributed by atoms with E-state index < -0.39 is 11.8 Å². The quantitative estimate of drug-likeness (QED) is 0.787. The summed E-state index contributed by atoms with van der Waals surface area (Å²) in [4.78, 5) is 38.4. The third-order valence-electron chi connectivity index (χ3n) is 5.37. The lowest BCUT2D eigenvalue weighted by Crippen LogP contribution is -2.39. The van der Waals surface area contributed by atoms with E-state index in [4.69, 9.17) is 4.74 Å². The summed E-state index contributed by atoms with van der Waals surface area (Å²) in [5, 5.41) is 5.27. The maximum absolute atomic E-state index is 12.4. The number of fused-ring (bicyclic) bond motifs is 1. The molecule has 1 atom stereocenters. The van der Waals surface area contributed by atoms with Crippen LogP contribution < -0.4 is 15.5 Å². The molecule has 7 heteroatoms. The van der Waals surface area contributed by atoms with Crippen molar-refractivity contribution in [2.24, 2.45) is 5.92 Å². The van der Waals surface area contributed by atoms with E-state index in [0.29, 0.717) is 18.8 Å². The minimum absolute atomic E-state index is 0.000446. The molecule has 0 radical (unpaired) electrons. The lowest BCUT2D eigenvalue weighted by Gasteiger charge is -2.30. The molecule has 27 heavy (non-hydrogen) atoms. The molecule has 0 aromatic heterocycles. The number of aryl methyl sites for hydroxylation is 1. The minimum Gasteiger partial charge on any atom is -0.376 e. The molecule has 3 amide bonds. The Balaban J connectivity index is 1.37.